The van der Waals surface area contributed by atoms with Gasteiger partial charge in [0.25, 0.3) is 0 Å². The number of allylic oxidation sites excluding steroid dienone is 1. The minimum atomic E-state index is 0.0570. The van der Waals surface area contributed by atoms with Crippen LogP contribution >= 0.6 is 0 Å². The molecule has 2 aromatic rings. The molecular weight excluding hydrogens is 282 g/mol. The van der Waals surface area contributed by atoms with Gasteiger partial charge in [-0.2, -0.15) is 0 Å². The summed E-state index contributed by atoms with van der Waals surface area (Å²) in [7, 11) is 4.10. The summed E-state index contributed by atoms with van der Waals surface area (Å²) >= 11 is 0. The van der Waals surface area contributed by atoms with Crippen molar-refractivity contribution in [3.05, 3.63) is 70.8 Å². The summed E-state index contributed by atoms with van der Waals surface area (Å²) in [5.74, 6) is 0. The lowest BCUT2D eigenvalue weighted by Crippen LogP contribution is -2.22. The van der Waals surface area contributed by atoms with Crippen LogP contribution in [0.5, 0.6) is 0 Å². The number of carbonyl (C=O) groups excluding carboxylic acids is 1. The van der Waals surface area contributed by atoms with Gasteiger partial charge in [0.05, 0.1) is 0 Å². The first-order valence-corrected chi connectivity index (χ1v) is 8.00. The molecule has 0 radical (unpaired) electrons. The van der Waals surface area contributed by atoms with Crippen molar-refractivity contribution in [1.29, 1.82) is 0 Å². The number of hydrogen-bond acceptors (Lipinski definition) is 2. The van der Waals surface area contributed by atoms with Crippen LogP contribution < -0.4 is 4.90 Å². The first kappa shape index (κ1) is 15.5. The molecule has 0 spiro atoms. The van der Waals surface area contributed by atoms with Crippen LogP contribution in [0.1, 0.15) is 47.3 Å². The Balaban J connectivity index is 2.09. The Morgan fingerprint density at radius 2 is 1.74 bits per heavy atom. The predicted molar refractivity (Wildman–Crippen MR) is 97.3 cm³/mol. The van der Waals surface area contributed by atoms with E-state index in [0.29, 0.717) is 0 Å². The van der Waals surface area contributed by atoms with Gasteiger partial charge in [-0.15, -0.1) is 0 Å². The molecule has 0 heterocycles. The van der Waals surface area contributed by atoms with Gasteiger partial charge in [0.2, 0.25) is 0 Å². The largest absolute Gasteiger partial charge is 0.378 e. The van der Waals surface area contributed by atoms with Crippen LogP contribution in [0.25, 0.3) is 5.57 Å². The molecule has 0 saturated carbocycles. The monoisotopic (exact) mass is 305 g/mol. The van der Waals surface area contributed by atoms with Crippen LogP contribution in [0.3, 0.4) is 0 Å². The number of fused-ring (bicyclic) bond motifs is 1. The molecule has 2 heteroatoms. The van der Waals surface area contributed by atoms with Gasteiger partial charge in [-0.05, 0) is 52.3 Å². The smallest absolute Gasteiger partial charge is 0.150 e. The third-order valence-electron chi connectivity index (χ3n) is 4.71. The van der Waals surface area contributed by atoms with Gasteiger partial charge >= 0.3 is 0 Å². The van der Waals surface area contributed by atoms with Gasteiger partial charge in [0.15, 0.2) is 0 Å². The second kappa shape index (κ2) is 5.69. The Kier molecular flexibility index (Phi) is 3.85. The molecule has 0 N–H and O–H groups in total. The standard InChI is InChI=1S/C21H23NO/c1-21(2)12-11-18(16-6-8-17(9-7-16)22(3)4)19-10-5-15(14-23)13-20(19)21/h5-11,13-14H,12H2,1-4H3. The van der Waals surface area contributed by atoms with Gasteiger partial charge in [-0.25, -0.2) is 0 Å². The molecule has 1 aliphatic rings. The van der Waals surface area contributed by atoms with E-state index in [9.17, 15) is 4.79 Å². The molecule has 118 valence electrons. The van der Waals surface area contributed by atoms with Crippen molar-refractivity contribution in [3.8, 4) is 0 Å². The average Bonchev–Trinajstić information content (AvgIpc) is 2.55. The zero-order chi connectivity index (χ0) is 16.6. The van der Waals surface area contributed by atoms with Crippen LogP contribution in [-0.2, 0) is 5.41 Å². The number of aldehydes is 1. The molecule has 0 fully saturated rings. The quantitative estimate of drug-likeness (QED) is 0.768. The maximum Gasteiger partial charge on any atom is 0.150 e. The molecule has 1 aliphatic carbocycles. The van der Waals surface area contributed by atoms with E-state index in [1.807, 2.05) is 26.2 Å². The van der Waals surface area contributed by atoms with Crippen LogP contribution in [0, 0.1) is 0 Å². The van der Waals surface area contributed by atoms with Crippen LogP contribution in [0.15, 0.2) is 48.5 Å². The summed E-state index contributed by atoms with van der Waals surface area (Å²) in [5.41, 5.74) is 7.00. The van der Waals surface area contributed by atoms with Crippen molar-refractivity contribution in [2.75, 3.05) is 19.0 Å². The second-order valence-corrected chi connectivity index (χ2v) is 7.07. The Morgan fingerprint density at radius 3 is 2.35 bits per heavy atom. The molecule has 0 aliphatic heterocycles. The van der Waals surface area contributed by atoms with Gasteiger partial charge < -0.3 is 4.90 Å². The first-order chi connectivity index (χ1) is 10.9. The molecule has 0 aromatic heterocycles. The summed E-state index contributed by atoms with van der Waals surface area (Å²) in [4.78, 5) is 13.2. The minimum absolute atomic E-state index is 0.0570. The SMILES string of the molecule is CN(C)c1ccc(C2=CCC(C)(C)c3cc(C=O)ccc32)cc1. The summed E-state index contributed by atoms with van der Waals surface area (Å²) in [6.45, 7) is 4.48. The van der Waals surface area contributed by atoms with E-state index in [0.717, 1.165) is 18.3 Å². The topological polar surface area (TPSA) is 20.3 Å². The molecular formula is C21H23NO. The fourth-order valence-electron chi connectivity index (χ4n) is 3.22. The molecule has 0 atom stereocenters. The predicted octanol–water partition coefficient (Wildman–Crippen LogP) is 4.68. The molecule has 3 rings (SSSR count). The Bertz CT molecular complexity index is 767. The fourth-order valence-corrected chi connectivity index (χ4v) is 3.22. The maximum atomic E-state index is 11.1. The Morgan fingerprint density at radius 1 is 1.04 bits per heavy atom. The van der Waals surface area contributed by atoms with E-state index in [-0.39, 0.29) is 5.41 Å². The lowest BCUT2D eigenvalue weighted by Gasteiger charge is -2.32. The molecule has 2 aromatic carbocycles. The summed E-state index contributed by atoms with van der Waals surface area (Å²) in [6, 6.07) is 14.7. The Labute approximate surface area is 138 Å². The van der Waals surface area contributed by atoms with Crippen LogP contribution in [0.4, 0.5) is 5.69 Å². The lowest BCUT2D eigenvalue weighted by atomic mass is 9.72. The number of hydrogen-bond donors (Lipinski definition) is 0. The van der Waals surface area contributed by atoms with Crippen molar-refractivity contribution in [3.63, 3.8) is 0 Å². The highest BCUT2D eigenvalue weighted by Crippen LogP contribution is 2.41. The summed E-state index contributed by atoms with van der Waals surface area (Å²) in [6.07, 6.45) is 4.24. The van der Waals surface area contributed by atoms with Gasteiger partial charge in [-0.3, -0.25) is 4.79 Å². The van der Waals surface area contributed by atoms with Gasteiger partial charge in [0.1, 0.15) is 6.29 Å². The zero-order valence-corrected chi connectivity index (χ0v) is 14.3. The van der Waals surface area contributed by atoms with Crippen molar-refractivity contribution >= 4 is 17.5 Å². The first-order valence-electron chi connectivity index (χ1n) is 8.00. The van der Waals surface area contributed by atoms with Crippen molar-refractivity contribution < 1.29 is 4.79 Å². The van der Waals surface area contributed by atoms with E-state index in [1.54, 1.807) is 0 Å². The summed E-state index contributed by atoms with van der Waals surface area (Å²) in [5, 5.41) is 0. The molecule has 0 unspecified atom stereocenters. The maximum absolute atomic E-state index is 11.1. The Hall–Kier alpha value is -2.35. The minimum Gasteiger partial charge on any atom is -0.378 e. The number of carbonyl (C=O) groups is 1. The molecule has 23 heavy (non-hydrogen) atoms. The highest BCUT2D eigenvalue weighted by Gasteiger charge is 2.28. The van der Waals surface area contributed by atoms with Crippen molar-refractivity contribution in [2.45, 2.75) is 25.7 Å². The number of rotatable bonds is 3. The third kappa shape index (κ3) is 2.81. The highest BCUT2D eigenvalue weighted by molar-refractivity contribution is 5.86. The normalized spacial score (nSPS) is 15.6. The molecule has 0 amide bonds. The van der Waals surface area contributed by atoms with Crippen molar-refractivity contribution in [1.82, 2.24) is 0 Å². The third-order valence-corrected chi connectivity index (χ3v) is 4.71. The number of anilines is 1. The van der Waals surface area contributed by atoms with Gasteiger partial charge in [-0.1, -0.05) is 44.2 Å². The van der Waals surface area contributed by atoms with E-state index in [4.69, 9.17) is 0 Å². The van der Waals surface area contributed by atoms with Crippen LogP contribution in [0.2, 0.25) is 0 Å². The fraction of sp³-hybridized carbons (Fsp3) is 0.286. The van der Waals surface area contributed by atoms with Crippen molar-refractivity contribution in [2.24, 2.45) is 0 Å². The molecule has 0 saturated heterocycles. The second-order valence-electron chi connectivity index (χ2n) is 7.07. The van der Waals surface area contributed by atoms with E-state index in [2.05, 4.69) is 55.2 Å². The molecule has 0 bridgehead atoms. The average molecular weight is 305 g/mol. The lowest BCUT2D eigenvalue weighted by molar-refractivity contribution is 0.112. The zero-order valence-electron chi connectivity index (χ0n) is 14.3. The van der Waals surface area contributed by atoms with E-state index < -0.39 is 0 Å². The van der Waals surface area contributed by atoms with Crippen LogP contribution in [-0.4, -0.2) is 20.4 Å². The van der Waals surface area contributed by atoms with E-state index >= 15 is 0 Å². The number of nitrogens with zero attached hydrogens (tertiary/aromatic N) is 1. The molecule has 2 nitrogen and oxygen atoms in total. The summed E-state index contributed by atoms with van der Waals surface area (Å²) < 4.78 is 0. The van der Waals surface area contributed by atoms with Gasteiger partial charge in [0, 0.05) is 25.3 Å². The number of benzene rings is 2. The van der Waals surface area contributed by atoms with E-state index in [1.165, 1.54) is 28.0 Å². The highest BCUT2D eigenvalue weighted by atomic mass is 16.1.